The molecular weight excluding hydrogens is 442 g/mol. The first kappa shape index (κ1) is 23.7. The molecular formula is C28H35N3O4. The zero-order valence-electron chi connectivity index (χ0n) is 20.7. The van der Waals surface area contributed by atoms with Crippen molar-refractivity contribution < 1.29 is 19.0 Å². The Hall–Kier alpha value is -3.03. The van der Waals surface area contributed by atoms with Crippen molar-refractivity contribution in [3.63, 3.8) is 0 Å². The number of nitrogens with one attached hydrogen (secondary N) is 2. The molecule has 7 heteroatoms. The normalized spacial score (nSPS) is 17.1. The fraction of sp³-hybridized carbons (Fsp3) is 0.464. The van der Waals surface area contributed by atoms with Crippen LogP contribution in [0.25, 0.3) is 10.9 Å². The average molecular weight is 478 g/mol. The number of amides is 1. The van der Waals surface area contributed by atoms with Crippen LogP contribution in [0.15, 0.2) is 36.4 Å². The van der Waals surface area contributed by atoms with Crippen LogP contribution in [0.1, 0.15) is 53.0 Å². The number of carbonyl (C=O) groups excluding carboxylic acids is 1. The van der Waals surface area contributed by atoms with Crippen LogP contribution in [0, 0.1) is 0 Å². The minimum atomic E-state index is -0.0506. The molecule has 1 saturated heterocycles. The Balaban J connectivity index is 1.40. The largest absolute Gasteiger partial charge is 0.493 e. The van der Waals surface area contributed by atoms with Gasteiger partial charge in [-0.05, 0) is 61.9 Å². The smallest absolute Gasteiger partial charge is 0.253 e. The van der Waals surface area contributed by atoms with Gasteiger partial charge in [-0.1, -0.05) is 18.2 Å². The summed E-state index contributed by atoms with van der Waals surface area (Å²) in [6.07, 6.45) is 4.56. The molecule has 186 valence electrons. The number of fused-ring (bicyclic) bond motifs is 3. The number of H-pyrrole nitrogens is 1. The van der Waals surface area contributed by atoms with Crippen molar-refractivity contribution in [3.05, 3.63) is 58.8 Å². The summed E-state index contributed by atoms with van der Waals surface area (Å²) in [4.78, 5) is 19.4. The Kier molecular flexibility index (Phi) is 7.25. The quantitative estimate of drug-likeness (QED) is 0.507. The SMILES string of the molecule is CCOc1ccc([C@H](CNC(=O)c2cccc3c4c([nH]c23)CCCC4)N2CCOCC2)cc1OC. The molecule has 0 saturated carbocycles. The second-order valence-corrected chi connectivity index (χ2v) is 9.23. The van der Waals surface area contributed by atoms with Gasteiger partial charge < -0.3 is 24.5 Å². The lowest BCUT2D eigenvalue weighted by atomic mass is 9.95. The number of nitrogens with zero attached hydrogens (tertiary/aromatic N) is 1. The van der Waals surface area contributed by atoms with Gasteiger partial charge in [-0.15, -0.1) is 0 Å². The molecule has 1 aliphatic heterocycles. The number of ether oxygens (including phenoxy) is 3. The van der Waals surface area contributed by atoms with Gasteiger partial charge in [0.25, 0.3) is 5.91 Å². The monoisotopic (exact) mass is 477 g/mol. The summed E-state index contributed by atoms with van der Waals surface area (Å²) in [5.74, 6) is 1.38. The number of aromatic amines is 1. The fourth-order valence-corrected chi connectivity index (χ4v) is 5.42. The summed E-state index contributed by atoms with van der Waals surface area (Å²) in [6, 6.07) is 12.1. The van der Waals surface area contributed by atoms with Crippen LogP contribution in [0.2, 0.25) is 0 Å². The van der Waals surface area contributed by atoms with E-state index < -0.39 is 0 Å². The Morgan fingerprint density at radius 1 is 1.14 bits per heavy atom. The molecule has 35 heavy (non-hydrogen) atoms. The van der Waals surface area contributed by atoms with Crippen molar-refractivity contribution in [1.29, 1.82) is 0 Å². The molecule has 0 unspecified atom stereocenters. The van der Waals surface area contributed by atoms with E-state index >= 15 is 0 Å². The number of benzene rings is 2. The lowest BCUT2D eigenvalue weighted by molar-refractivity contribution is 0.0162. The van der Waals surface area contributed by atoms with Crippen LogP contribution >= 0.6 is 0 Å². The molecule has 5 rings (SSSR count). The van der Waals surface area contributed by atoms with Gasteiger partial charge in [-0.3, -0.25) is 9.69 Å². The van der Waals surface area contributed by atoms with Crippen LogP contribution in [-0.2, 0) is 17.6 Å². The van der Waals surface area contributed by atoms with E-state index in [4.69, 9.17) is 14.2 Å². The van der Waals surface area contributed by atoms with Crippen LogP contribution < -0.4 is 14.8 Å². The molecule has 0 radical (unpaired) electrons. The predicted molar refractivity (Wildman–Crippen MR) is 137 cm³/mol. The van der Waals surface area contributed by atoms with E-state index in [0.29, 0.717) is 37.7 Å². The molecule has 3 aromatic rings. The van der Waals surface area contributed by atoms with E-state index in [2.05, 4.69) is 27.3 Å². The first-order chi connectivity index (χ1) is 17.2. The maximum atomic E-state index is 13.4. The number of aryl methyl sites for hydroxylation is 2. The van der Waals surface area contributed by atoms with Crippen molar-refractivity contribution in [2.75, 3.05) is 46.6 Å². The molecule has 1 aromatic heterocycles. The number of methoxy groups -OCH3 is 1. The number of hydrogen-bond acceptors (Lipinski definition) is 5. The van der Waals surface area contributed by atoms with E-state index in [0.717, 1.165) is 42.8 Å². The summed E-state index contributed by atoms with van der Waals surface area (Å²) in [5.41, 5.74) is 5.43. The highest BCUT2D eigenvalue weighted by Crippen LogP contribution is 2.33. The van der Waals surface area contributed by atoms with E-state index in [-0.39, 0.29) is 11.9 Å². The van der Waals surface area contributed by atoms with Gasteiger partial charge in [0.15, 0.2) is 11.5 Å². The van der Waals surface area contributed by atoms with Crippen LogP contribution in [0.5, 0.6) is 11.5 Å². The summed E-state index contributed by atoms with van der Waals surface area (Å²) in [7, 11) is 1.66. The Morgan fingerprint density at radius 3 is 2.77 bits per heavy atom. The number of hydrogen-bond donors (Lipinski definition) is 2. The minimum absolute atomic E-state index is 0.00322. The molecule has 2 N–H and O–H groups in total. The maximum Gasteiger partial charge on any atom is 0.253 e. The van der Waals surface area contributed by atoms with Crippen molar-refractivity contribution in [1.82, 2.24) is 15.2 Å². The second kappa shape index (κ2) is 10.7. The average Bonchev–Trinajstić information content (AvgIpc) is 3.29. The van der Waals surface area contributed by atoms with Gasteiger partial charge in [0.1, 0.15) is 0 Å². The molecule has 1 aliphatic carbocycles. The Labute approximate surface area is 206 Å². The molecule has 7 nitrogen and oxygen atoms in total. The van der Waals surface area contributed by atoms with Gasteiger partial charge in [-0.2, -0.15) is 0 Å². The molecule has 2 aliphatic rings. The molecule has 1 fully saturated rings. The van der Waals surface area contributed by atoms with E-state index in [1.807, 2.05) is 31.2 Å². The van der Waals surface area contributed by atoms with Crippen molar-refractivity contribution in [2.45, 2.75) is 38.6 Å². The number of carbonyl (C=O) groups is 1. The van der Waals surface area contributed by atoms with Gasteiger partial charge in [-0.25, -0.2) is 0 Å². The minimum Gasteiger partial charge on any atom is -0.493 e. The molecule has 1 amide bonds. The zero-order chi connectivity index (χ0) is 24.2. The number of rotatable bonds is 8. The highest BCUT2D eigenvalue weighted by Gasteiger charge is 2.26. The van der Waals surface area contributed by atoms with E-state index in [9.17, 15) is 4.79 Å². The second-order valence-electron chi connectivity index (χ2n) is 9.23. The summed E-state index contributed by atoms with van der Waals surface area (Å²) < 4.78 is 16.9. The lowest BCUT2D eigenvalue weighted by Gasteiger charge is -2.35. The third kappa shape index (κ3) is 4.88. The van der Waals surface area contributed by atoms with Crippen molar-refractivity contribution in [3.8, 4) is 11.5 Å². The van der Waals surface area contributed by atoms with Crippen LogP contribution in [0.3, 0.4) is 0 Å². The zero-order valence-corrected chi connectivity index (χ0v) is 20.7. The molecule has 1 atom stereocenters. The summed E-state index contributed by atoms with van der Waals surface area (Å²) >= 11 is 0. The maximum absolute atomic E-state index is 13.4. The highest BCUT2D eigenvalue weighted by atomic mass is 16.5. The number of aromatic nitrogens is 1. The third-order valence-electron chi connectivity index (χ3n) is 7.19. The standard InChI is InChI=1S/C28H35N3O4/c1-3-35-25-12-11-19(17-26(25)33-2)24(31-13-15-34-16-14-31)18-29-28(32)22-9-6-8-21-20-7-4-5-10-23(20)30-27(21)22/h6,8-9,11-12,17,24,30H,3-5,7,10,13-16,18H2,1-2H3,(H,29,32)/t24-/m0/s1. The third-order valence-corrected chi connectivity index (χ3v) is 7.19. The van der Waals surface area contributed by atoms with Crippen LogP contribution in [0.4, 0.5) is 0 Å². The first-order valence-corrected chi connectivity index (χ1v) is 12.7. The van der Waals surface area contributed by atoms with E-state index in [1.165, 1.54) is 29.5 Å². The summed E-state index contributed by atoms with van der Waals surface area (Å²) in [5, 5.41) is 4.42. The Bertz CT molecular complexity index is 1180. The first-order valence-electron chi connectivity index (χ1n) is 12.7. The van der Waals surface area contributed by atoms with Gasteiger partial charge in [0, 0.05) is 30.7 Å². The number of para-hydroxylation sites is 1. The molecule has 0 bridgehead atoms. The van der Waals surface area contributed by atoms with E-state index in [1.54, 1.807) is 7.11 Å². The highest BCUT2D eigenvalue weighted by molar-refractivity contribution is 6.06. The summed E-state index contributed by atoms with van der Waals surface area (Å²) in [6.45, 7) is 6.03. The molecule has 2 heterocycles. The van der Waals surface area contributed by atoms with Gasteiger partial charge in [0.05, 0.1) is 44.1 Å². The predicted octanol–water partition coefficient (Wildman–Crippen LogP) is 4.26. The van der Waals surface area contributed by atoms with Crippen molar-refractivity contribution in [2.24, 2.45) is 0 Å². The fourth-order valence-electron chi connectivity index (χ4n) is 5.42. The topological polar surface area (TPSA) is 75.8 Å². The molecule has 2 aromatic carbocycles. The lowest BCUT2D eigenvalue weighted by Crippen LogP contribution is -2.43. The number of morpholine rings is 1. The van der Waals surface area contributed by atoms with Gasteiger partial charge >= 0.3 is 0 Å². The molecule has 0 spiro atoms. The van der Waals surface area contributed by atoms with Crippen molar-refractivity contribution >= 4 is 16.8 Å². The Morgan fingerprint density at radius 2 is 1.97 bits per heavy atom. The van der Waals surface area contributed by atoms with Crippen LogP contribution in [-0.4, -0.2) is 62.4 Å². The van der Waals surface area contributed by atoms with Gasteiger partial charge in [0.2, 0.25) is 0 Å².